The molecule has 4 heteroatoms. The van der Waals surface area contributed by atoms with Gasteiger partial charge in [0.05, 0.1) is 17.6 Å². The number of para-hydroxylation sites is 3. The van der Waals surface area contributed by atoms with Crippen LogP contribution in [0.3, 0.4) is 0 Å². The number of rotatable bonds is 9. The molecule has 0 aliphatic rings. The first-order valence-electron chi connectivity index (χ1n) is 11.0. The second-order valence-electron chi connectivity index (χ2n) is 7.91. The molecule has 0 saturated heterocycles. The van der Waals surface area contributed by atoms with Crippen molar-refractivity contribution >= 4 is 11.0 Å². The lowest BCUT2D eigenvalue weighted by atomic mass is 10.1. The maximum atomic E-state index is 6.31. The smallest absolute Gasteiger partial charge is 0.156 e. The van der Waals surface area contributed by atoms with Crippen LogP contribution >= 0.6 is 0 Å². The molecule has 0 radical (unpaired) electrons. The molecule has 0 aliphatic carbocycles. The molecule has 4 aromatic rings. The third-order valence-electron chi connectivity index (χ3n) is 5.48. The van der Waals surface area contributed by atoms with E-state index in [2.05, 4.69) is 61.7 Å². The largest absolute Gasteiger partial charge is 0.493 e. The number of hydrogen-bond donors (Lipinski definition) is 0. The van der Waals surface area contributed by atoms with E-state index >= 15 is 0 Å². The van der Waals surface area contributed by atoms with Gasteiger partial charge in [-0.2, -0.15) is 0 Å². The molecule has 160 valence electrons. The monoisotopic (exact) mass is 414 g/mol. The van der Waals surface area contributed by atoms with Crippen LogP contribution in [0.5, 0.6) is 11.5 Å². The first-order valence-corrected chi connectivity index (χ1v) is 11.0. The summed E-state index contributed by atoms with van der Waals surface area (Å²) in [6, 6.07) is 24.6. The molecule has 0 fully saturated rings. The highest BCUT2D eigenvalue weighted by molar-refractivity contribution is 5.76. The van der Waals surface area contributed by atoms with E-state index in [-0.39, 0.29) is 6.10 Å². The average Bonchev–Trinajstić information content (AvgIpc) is 3.15. The highest BCUT2D eigenvalue weighted by Gasteiger charge is 2.20. The highest BCUT2D eigenvalue weighted by atomic mass is 16.5. The van der Waals surface area contributed by atoms with Gasteiger partial charge < -0.3 is 14.0 Å². The second kappa shape index (κ2) is 9.69. The number of benzene rings is 3. The first kappa shape index (κ1) is 21.0. The molecule has 0 bridgehead atoms. The van der Waals surface area contributed by atoms with E-state index in [1.54, 1.807) is 0 Å². The van der Waals surface area contributed by atoms with Crippen LogP contribution in [0.25, 0.3) is 11.0 Å². The van der Waals surface area contributed by atoms with Crippen LogP contribution in [0.1, 0.15) is 42.8 Å². The number of aromatic nitrogens is 2. The predicted molar refractivity (Wildman–Crippen MR) is 126 cm³/mol. The molecule has 0 saturated carbocycles. The Morgan fingerprint density at radius 3 is 2.48 bits per heavy atom. The summed E-state index contributed by atoms with van der Waals surface area (Å²) in [7, 11) is 0. The summed E-state index contributed by atoms with van der Waals surface area (Å²) < 4.78 is 14.7. The average molecular weight is 415 g/mol. The Morgan fingerprint density at radius 1 is 0.935 bits per heavy atom. The lowest BCUT2D eigenvalue weighted by Gasteiger charge is -2.19. The SMILES string of the molecule is CCC(Oc1ccccc1)c1nc2ccccc2n1CCCOc1ccc(C)cc1C. The van der Waals surface area contributed by atoms with Gasteiger partial charge in [0, 0.05) is 6.54 Å². The van der Waals surface area contributed by atoms with Crippen LogP contribution < -0.4 is 9.47 Å². The van der Waals surface area contributed by atoms with Crippen molar-refractivity contribution in [3.8, 4) is 11.5 Å². The van der Waals surface area contributed by atoms with Crippen LogP contribution in [-0.4, -0.2) is 16.2 Å². The van der Waals surface area contributed by atoms with E-state index in [1.165, 1.54) is 11.1 Å². The molecule has 1 aromatic heterocycles. The zero-order valence-corrected chi connectivity index (χ0v) is 18.5. The zero-order valence-electron chi connectivity index (χ0n) is 18.5. The van der Waals surface area contributed by atoms with E-state index in [1.807, 2.05) is 36.4 Å². The number of hydrogen-bond acceptors (Lipinski definition) is 3. The first-order chi connectivity index (χ1) is 15.2. The molecule has 4 nitrogen and oxygen atoms in total. The quantitative estimate of drug-likeness (QED) is 0.288. The summed E-state index contributed by atoms with van der Waals surface area (Å²) in [5.74, 6) is 2.80. The fourth-order valence-corrected chi connectivity index (χ4v) is 3.92. The van der Waals surface area contributed by atoms with Crippen molar-refractivity contribution in [3.05, 3.63) is 89.7 Å². The molecule has 31 heavy (non-hydrogen) atoms. The van der Waals surface area contributed by atoms with Gasteiger partial charge in [-0.1, -0.05) is 55.0 Å². The van der Waals surface area contributed by atoms with E-state index in [9.17, 15) is 0 Å². The molecule has 1 atom stereocenters. The normalized spacial score (nSPS) is 12.1. The van der Waals surface area contributed by atoms with Crippen molar-refractivity contribution in [1.82, 2.24) is 9.55 Å². The van der Waals surface area contributed by atoms with Gasteiger partial charge in [-0.3, -0.25) is 0 Å². The van der Waals surface area contributed by atoms with E-state index in [0.29, 0.717) is 6.61 Å². The third-order valence-corrected chi connectivity index (χ3v) is 5.48. The number of ether oxygens (including phenoxy) is 2. The van der Waals surface area contributed by atoms with Gasteiger partial charge in [-0.05, 0) is 62.6 Å². The molecular formula is C27H30N2O2. The minimum Gasteiger partial charge on any atom is -0.493 e. The van der Waals surface area contributed by atoms with Crippen LogP contribution in [-0.2, 0) is 6.54 Å². The summed E-state index contributed by atoms with van der Waals surface area (Å²) in [6.07, 6.45) is 1.63. The Kier molecular flexibility index (Phi) is 6.56. The standard InChI is InChI=1S/C27H30N2O2/c1-4-25(31-22-11-6-5-7-12-22)27-28-23-13-8-9-14-24(23)29(27)17-10-18-30-26-16-15-20(2)19-21(26)3/h5-9,11-16,19,25H,4,10,17-18H2,1-3H3. The summed E-state index contributed by atoms with van der Waals surface area (Å²) in [5, 5.41) is 0. The Balaban J connectivity index is 1.52. The third kappa shape index (κ3) is 4.91. The summed E-state index contributed by atoms with van der Waals surface area (Å²) >= 11 is 0. The molecule has 0 amide bonds. The molecule has 0 spiro atoms. The number of fused-ring (bicyclic) bond motifs is 1. The molecule has 3 aromatic carbocycles. The van der Waals surface area contributed by atoms with Gasteiger partial charge in [0.1, 0.15) is 11.5 Å². The molecule has 1 unspecified atom stereocenters. The van der Waals surface area contributed by atoms with E-state index in [4.69, 9.17) is 14.5 Å². The minimum atomic E-state index is -0.102. The van der Waals surface area contributed by atoms with Gasteiger partial charge in [-0.15, -0.1) is 0 Å². The zero-order chi connectivity index (χ0) is 21.6. The highest BCUT2D eigenvalue weighted by Crippen LogP contribution is 2.28. The number of aryl methyl sites for hydroxylation is 3. The van der Waals surface area contributed by atoms with Gasteiger partial charge in [0.2, 0.25) is 0 Å². The van der Waals surface area contributed by atoms with Gasteiger partial charge in [-0.25, -0.2) is 4.98 Å². The van der Waals surface area contributed by atoms with Crippen LogP contribution in [0, 0.1) is 13.8 Å². The van der Waals surface area contributed by atoms with Crippen molar-refractivity contribution in [2.45, 2.75) is 46.3 Å². The van der Waals surface area contributed by atoms with Crippen LogP contribution in [0.15, 0.2) is 72.8 Å². The van der Waals surface area contributed by atoms with E-state index < -0.39 is 0 Å². The topological polar surface area (TPSA) is 36.3 Å². The molecule has 4 rings (SSSR count). The molecule has 0 N–H and O–H groups in total. The molecule has 0 aliphatic heterocycles. The van der Waals surface area contributed by atoms with E-state index in [0.717, 1.165) is 47.7 Å². The summed E-state index contributed by atoms with van der Waals surface area (Å²) in [6.45, 7) is 7.82. The van der Waals surface area contributed by atoms with Crippen molar-refractivity contribution in [3.63, 3.8) is 0 Å². The minimum absolute atomic E-state index is 0.102. The van der Waals surface area contributed by atoms with Crippen molar-refractivity contribution in [1.29, 1.82) is 0 Å². The Hall–Kier alpha value is -3.27. The fourth-order valence-electron chi connectivity index (χ4n) is 3.92. The summed E-state index contributed by atoms with van der Waals surface area (Å²) in [5.41, 5.74) is 4.57. The fraction of sp³-hybridized carbons (Fsp3) is 0.296. The lowest BCUT2D eigenvalue weighted by Crippen LogP contribution is -2.15. The van der Waals surface area contributed by atoms with Gasteiger partial charge in [0.25, 0.3) is 0 Å². The molecule has 1 heterocycles. The summed E-state index contributed by atoms with van der Waals surface area (Å²) in [4.78, 5) is 4.94. The predicted octanol–water partition coefficient (Wildman–Crippen LogP) is 6.65. The Bertz CT molecular complexity index is 1130. The van der Waals surface area contributed by atoms with Crippen LogP contribution in [0.4, 0.5) is 0 Å². The van der Waals surface area contributed by atoms with Crippen molar-refractivity contribution in [2.75, 3.05) is 6.61 Å². The second-order valence-corrected chi connectivity index (χ2v) is 7.91. The van der Waals surface area contributed by atoms with Gasteiger partial charge in [0.15, 0.2) is 11.9 Å². The van der Waals surface area contributed by atoms with Crippen LogP contribution in [0.2, 0.25) is 0 Å². The Morgan fingerprint density at radius 2 is 1.71 bits per heavy atom. The molecular weight excluding hydrogens is 384 g/mol. The maximum Gasteiger partial charge on any atom is 0.156 e. The Labute approximate surface area is 184 Å². The van der Waals surface area contributed by atoms with Crippen molar-refractivity contribution < 1.29 is 9.47 Å². The number of imidazole rings is 1. The maximum absolute atomic E-state index is 6.31. The number of nitrogens with zero attached hydrogens (tertiary/aromatic N) is 2. The lowest BCUT2D eigenvalue weighted by molar-refractivity contribution is 0.185. The van der Waals surface area contributed by atoms with Gasteiger partial charge >= 0.3 is 0 Å². The van der Waals surface area contributed by atoms with Crippen molar-refractivity contribution in [2.24, 2.45) is 0 Å².